The molecule has 0 aromatic heterocycles. The molecule has 2 aliphatic rings. The standard InChI is InChI=1S/C28H42O8/c1-17-15-16-23(34-5)22(33-4)14-10-9-13-21(20-11-7-6-8-12-20)35-27(31)19(3)28(32)26(30)24(29)18(2)25(17)36-28/h6-8,11-12,15-19,21-26,29-30,32H,9-10,13-14H2,1-5H3/b16-15+/t17-,18-,19+,21-,22-,23+,24-,25-,26-,28+/m0/s1. The molecule has 0 saturated carbocycles. The van der Waals surface area contributed by atoms with E-state index in [0.29, 0.717) is 6.42 Å². The number of cyclic esters (lactones) is 1. The number of ether oxygens (including phenoxy) is 4. The van der Waals surface area contributed by atoms with E-state index in [1.807, 2.05) is 49.4 Å². The van der Waals surface area contributed by atoms with Gasteiger partial charge in [0.1, 0.15) is 24.2 Å². The smallest absolute Gasteiger partial charge is 0.314 e. The van der Waals surface area contributed by atoms with Crippen LogP contribution < -0.4 is 0 Å². The molecule has 8 heteroatoms. The monoisotopic (exact) mass is 506 g/mol. The zero-order chi connectivity index (χ0) is 26.5. The molecule has 3 N–H and O–H groups in total. The van der Waals surface area contributed by atoms with Crippen LogP contribution in [0, 0.1) is 17.8 Å². The maximum atomic E-state index is 13.3. The van der Waals surface area contributed by atoms with Crippen molar-refractivity contribution in [2.75, 3.05) is 14.2 Å². The summed E-state index contributed by atoms with van der Waals surface area (Å²) >= 11 is 0. The van der Waals surface area contributed by atoms with Gasteiger partial charge in [0.15, 0.2) is 0 Å². The van der Waals surface area contributed by atoms with E-state index in [9.17, 15) is 20.1 Å². The van der Waals surface area contributed by atoms with Crippen molar-refractivity contribution in [3.8, 4) is 0 Å². The van der Waals surface area contributed by atoms with Crippen LogP contribution in [0.25, 0.3) is 0 Å². The molecule has 0 spiro atoms. The Morgan fingerprint density at radius 2 is 1.64 bits per heavy atom. The highest BCUT2D eigenvalue weighted by atomic mass is 16.7. The lowest BCUT2D eigenvalue weighted by atomic mass is 9.78. The second kappa shape index (κ2) is 12.6. The number of carbonyl (C=O) groups is 1. The summed E-state index contributed by atoms with van der Waals surface area (Å²) in [6, 6.07) is 9.45. The highest BCUT2D eigenvalue weighted by Gasteiger charge is 2.57. The van der Waals surface area contributed by atoms with Gasteiger partial charge in [-0.2, -0.15) is 0 Å². The normalized spacial score (nSPS) is 41.9. The Hall–Kier alpha value is -1.81. The summed E-state index contributed by atoms with van der Waals surface area (Å²) in [6.07, 6.45) is 2.15. The Kier molecular flexibility index (Phi) is 10.1. The van der Waals surface area contributed by atoms with E-state index in [4.69, 9.17) is 18.9 Å². The fraction of sp³-hybridized carbons (Fsp3) is 0.679. The van der Waals surface area contributed by atoms with E-state index < -0.39 is 48.0 Å². The summed E-state index contributed by atoms with van der Waals surface area (Å²) in [5.41, 5.74) is 0.845. The van der Waals surface area contributed by atoms with E-state index in [0.717, 1.165) is 24.8 Å². The molecule has 1 aromatic rings. The first kappa shape index (κ1) is 28.8. The van der Waals surface area contributed by atoms with E-state index in [2.05, 4.69) is 0 Å². The van der Waals surface area contributed by atoms with Crippen LogP contribution in [0.5, 0.6) is 0 Å². The Labute approximate surface area is 214 Å². The highest BCUT2D eigenvalue weighted by Crippen LogP contribution is 2.40. The lowest BCUT2D eigenvalue weighted by Crippen LogP contribution is -2.66. The third-order valence-electron chi connectivity index (χ3n) is 7.80. The molecular weight excluding hydrogens is 464 g/mol. The minimum absolute atomic E-state index is 0.168. The van der Waals surface area contributed by atoms with Crippen molar-refractivity contribution in [2.45, 2.75) is 88.9 Å². The molecule has 2 heterocycles. The van der Waals surface area contributed by atoms with E-state index in [-0.39, 0.29) is 18.1 Å². The number of carbonyl (C=O) groups excluding carboxylic acids is 1. The summed E-state index contributed by atoms with van der Waals surface area (Å²) in [5, 5.41) is 33.1. The molecule has 8 nitrogen and oxygen atoms in total. The lowest BCUT2D eigenvalue weighted by molar-refractivity contribution is -0.356. The molecule has 0 radical (unpaired) electrons. The average molecular weight is 507 g/mol. The largest absolute Gasteiger partial charge is 0.457 e. The predicted octanol–water partition coefficient (Wildman–Crippen LogP) is 3.15. The zero-order valence-corrected chi connectivity index (χ0v) is 21.9. The van der Waals surface area contributed by atoms with Gasteiger partial charge in [-0.15, -0.1) is 0 Å². The molecule has 1 aromatic carbocycles. The molecule has 36 heavy (non-hydrogen) atoms. The van der Waals surface area contributed by atoms with Crippen molar-refractivity contribution < 1.29 is 39.1 Å². The average Bonchev–Trinajstić information content (AvgIpc) is 2.89. The summed E-state index contributed by atoms with van der Waals surface area (Å²) in [7, 11) is 3.29. The number of benzene rings is 1. The summed E-state index contributed by atoms with van der Waals surface area (Å²) in [5.74, 6) is -5.02. The topological polar surface area (TPSA) is 115 Å². The van der Waals surface area contributed by atoms with E-state index in [1.54, 1.807) is 21.1 Å². The molecule has 202 valence electrons. The van der Waals surface area contributed by atoms with E-state index >= 15 is 0 Å². The van der Waals surface area contributed by atoms with Gasteiger partial charge >= 0.3 is 5.97 Å². The lowest BCUT2D eigenvalue weighted by Gasteiger charge is -2.49. The fourth-order valence-corrected chi connectivity index (χ4v) is 5.28. The molecule has 2 bridgehead atoms. The van der Waals surface area contributed by atoms with Crippen molar-refractivity contribution in [1.82, 2.24) is 0 Å². The molecule has 0 amide bonds. The molecule has 0 aliphatic carbocycles. The number of aliphatic hydroxyl groups is 3. The van der Waals surface area contributed by atoms with Gasteiger partial charge < -0.3 is 34.3 Å². The summed E-state index contributed by atoms with van der Waals surface area (Å²) in [6.45, 7) is 5.11. The van der Waals surface area contributed by atoms with Gasteiger partial charge in [0.05, 0.1) is 18.3 Å². The molecular formula is C28H42O8. The second-order valence-electron chi connectivity index (χ2n) is 10.2. The zero-order valence-electron chi connectivity index (χ0n) is 21.9. The first-order chi connectivity index (χ1) is 17.1. The van der Waals surface area contributed by atoms with Crippen LogP contribution in [-0.2, 0) is 23.7 Å². The number of fused-ring (bicyclic) bond motifs is 2. The van der Waals surface area contributed by atoms with Crippen molar-refractivity contribution in [1.29, 1.82) is 0 Å². The Bertz CT molecular complexity index is 860. The number of hydrogen-bond acceptors (Lipinski definition) is 8. The van der Waals surface area contributed by atoms with Crippen LogP contribution in [0.15, 0.2) is 42.5 Å². The summed E-state index contributed by atoms with van der Waals surface area (Å²) in [4.78, 5) is 13.3. The molecule has 10 atom stereocenters. The minimum Gasteiger partial charge on any atom is -0.457 e. The van der Waals surface area contributed by atoms with Crippen LogP contribution in [0.4, 0.5) is 0 Å². The van der Waals surface area contributed by atoms with Gasteiger partial charge in [-0.3, -0.25) is 4.79 Å². The number of rotatable bonds is 3. The Morgan fingerprint density at radius 1 is 0.972 bits per heavy atom. The molecule has 3 rings (SSSR count). The van der Waals surface area contributed by atoms with Gasteiger partial charge in [-0.1, -0.05) is 62.8 Å². The fourth-order valence-electron chi connectivity index (χ4n) is 5.28. The second-order valence-corrected chi connectivity index (χ2v) is 10.2. The maximum absolute atomic E-state index is 13.3. The SMILES string of the molecule is CO[C@H]1CCCC[C@@H](c2ccccc2)OC(=O)[C@@H](C)[C@@]2(O)O[C@H]([C@@H](C)[C@H](O)[C@@H]2O)[C@@H](C)/C=C/[C@H]1OC. The van der Waals surface area contributed by atoms with Crippen molar-refractivity contribution in [2.24, 2.45) is 17.8 Å². The maximum Gasteiger partial charge on any atom is 0.314 e. The molecule has 1 fully saturated rings. The quantitative estimate of drug-likeness (QED) is 0.423. The van der Waals surface area contributed by atoms with E-state index in [1.165, 1.54) is 6.92 Å². The van der Waals surface area contributed by atoms with Gasteiger partial charge in [0.25, 0.3) is 0 Å². The third kappa shape index (κ3) is 6.18. The predicted molar refractivity (Wildman–Crippen MR) is 134 cm³/mol. The number of methoxy groups -OCH3 is 2. The molecule has 1 saturated heterocycles. The first-order valence-corrected chi connectivity index (χ1v) is 12.9. The molecule has 2 aliphatic heterocycles. The summed E-state index contributed by atoms with van der Waals surface area (Å²) < 4.78 is 23.4. The Morgan fingerprint density at radius 3 is 2.28 bits per heavy atom. The van der Waals surface area contributed by atoms with Crippen LogP contribution in [0.1, 0.15) is 58.1 Å². The first-order valence-electron chi connectivity index (χ1n) is 12.9. The van der Waals surface area contributed by atoms with Crippen molar-refractivity contribution in [3.63, 3.8) is 0 Å². The van der Waals surface area contributed by atoms with Crippen molar-refractivity contribution in [3.05, 3.63) is 48.0 Å². The van der Waals surface area contributed by atoms with Gasteiger partial charge in [-0.25, -0.2) is 0 Å². The number of aliphatic hydroxyl groups excluding tert-OH is 2. The van der Waals surface area contributed by atoms with Crippen LogP contribution in [-0.4, -0.2) is 71.8 Å². The number of esters is 1. The number of hydrogen-bond donors (Lipinski definition) is 3. The van der Waals surface area contributed by atoms with Crippen LogP contribution >= 0.6 is 0 Å². The Balaban J connectivity index is 1.98. The highest BCUT2D eigenvalue weighted by molar-refractivity contribution is 5.73. The van der Waals surface area contributed by atoms with Crippen LogP contribution in [0.2, 0.25) is 0 Å². The van der Waals surface area contributed by atoms with Gasteiger partial charge in [0, 0.05) is 26.1 Å². The molecule has 0 unspecified atom stereocenters. The third-order valence-corrected chi connectivity index (χ3v) is 7.80. The van der Waals surface area contributed by atoms with Crippen LogP contribution in [0.3, 0.4) is 0 Å². The van der Waals surface area contributed by atoms with Gasteiger partial charge in [-0.05, 0) is 31.7 Å². The van der Waals surface area contributed by atoms with Gasteiger partial charge in [0.2, 0.25) is 5.79 Å². The minimum atomic E-state index is -2.32. The van der Waals surface area contributed by atoms with Crippen molar-refractivity contribution >= 4 is 5.97 Å².